The minimum absolute atomic E-state index is 0.0894. The summed E-state index contributed by atoms with van der Waals surface area (Å²) in [6.07, 6.45) is 0. The van der Waals surface area contributed by atoms with Crippen LogP contribution in [-0.2, 0) is 11.3 Å². The van der Waals surface area contributed by atoms with Gasteiger partial charge >= 0.3 is 0 Å². The summed E-state index contributed by atoms with van der Waals surface area (Å²) < 4.78 is 2.49. The maximum Gasteiger partial charge on any atom is 0.262 e. The molecule has 0 saturated carbocycles. The fourth-order valence-electron chi connectivity index (χ4n) is 2.51. The molecule has 9 heteroatoms. The van der Waals surface area contributed by atoms with Gasteiger partial charge in [0.25, 0.3) is 5.56 Å². The van der Waals surface area contributed by atoms with Crippen LogP contribution in [0.5, 0.6) is 0 Å². The van der Waals surface area contributed by atoms with E-state index in [0.717, 1.165) is 10.2 Å². The standard InChI is InChI=1S/C18H19BrN4O2S2/c1-10(2)7-23-16(25)13-6-12(19)4-5-14(13)21-18(23)27-9-15(24)22-17-20-11(3)8-26-17/h4-6,8,10H,7,9H2,1-3H3,(H,20,22,24). The number of aryl methyl sites for hydroxylation is 1. The summed E-state index contributed by atoms with van der Waals surface area (Å²) in [5.41, 5.74) is 1.41. The minimum Gasteiger partial charge on any atom is -0.301 e. The van der Waals surface area contributed by atoms with Gasteiger partial charge in [-0.3, -0.25) is 14.2 Å². The number of nitrogens with one attached hydrogen (secondary N) is 1. The first-order valence-electron chi connectivity index (χ1n) is 8.38. The Morgan fingerprint density at radius 2 is 2.15 bits per heavy atom. The second-order valence-electron chi connectivity index (χ2n) is 6.50. The van der Waals surface area contributed by atoms with Gasteiger partial charge in [0, 0.05) is 16.4 Å². The van der Waals surface area contributed by atoms with E-state index in [9.17, 15) is 9.59 Å². The highest BCUT2D eigenvalue weighted by Gasteiger charge is 2.15. The third kappa shape index (κ3) is 4.97. The second kappa shape index (κ2) is 8.53. The first-order valence-corrected chi connectivity index (χ1v) is 11.0. The maximum atomic E-state index is 13.0. The summed E-state index contributed by atoms with van der Waals surface area (Å²) in [7, 11) is 0. The molecule has 1 N–H and O–H groups in total. The zero-order chi connectivity index (χ0) is 19.6. The van der Waals surface area contributed by atoms with Crippen molar-refractivity contribution in [2.24, 2.45) is 5.92 Å². The number of carbonyl (C=O) groups excluding carboxylic acids is 1. The van der Waals surface area contributed by atoms with E-state index in [-0.39, 0.29) is 23.1 Å². The number of anilines is 1. The smallest absolute Gasteiger partial charge is 0.262 e. The zero-order valence-corrected chi connectivity index (χ0v) is 18.4. The molecule has 3 rings (SSSR count). The lowest BCUT2D eigenvalue weighted by Crippen LogP contribution is -2.26. The van der Waals surface area contributed by atoms with Crippen LogP contribution < -0.4 is 10.9 Å². The van der Waals surface area contributed by atoms with Crippen molar-refractivity contribution in [3.05, 3.63) is 44.1 Å². The number of benzene rings is 1. The molecule has 142 valence electrons. The average Bonchev–Trinajstić information content (AvgIpc) is 3.01. The Labute approximate surface area is 173 Å². The molecule has 0 radical (unpaired) electrons. The maximum absolute atomic E-state index is 13.0. The SMILES string of the molecule is Cc1csc(NC(=O)CSc2nc3ccc(Br)cc3c(=O)n2CC(C)C)n1. The molecule has 6 nitrogen and oxygen atoms in total. The number of halogens is 1. The Balaban J connectivity index is 1.86. The van der Waals surface area contributed by atoms with Crippen LogP contribution in [0.3, 0.4) is 0 Å². The number of amides is 1. The molecule has 27 heavy (non-hydrogen) atoms. The van der Waals surface area contributed by atoms with E-state index in [4.69, 9.17) is 0 Å². The number of rotatable bonds is 6. The lowest BCUT2D eigenvalue weighted by atomic mass is 10.2. The van der Waals surface area contributed by atoms with Crippen LogP contribution in [0.25, 0.3) is 10.9 Å². The molecule has 2 aromatic heterocycles. The Bertz CT molecular complexity index is 1050. The number of hydrogen-bond donors (Lipinski definition) is 1. The molecule has 1 aromatic carbocycles. The van der Waals surface area contributed by atoms with Crippen LogP contribution in [-0.4, -0.2) is 26.2 Å². The van der Waals surface area contributed by atoms with E-state index in [1.165, 1.54) is 23.1 Å². The van der Waals surface area contributed by atoms with Crippen molar-refractivity contribution < 1.29 is 4.79 Å². The van der Waals surface area contributed by atoms with Gasteiger partial charge in [-0.1, -0.05) is 41.5 Å². The number of fused-ring (bicyclic) bond motifs is 1. The molecule has 0 spiro atoms. The summed E-state index contributed by atoms with van der Waals surface area (Å²) in [6, 6.07) is 5.45. The molecule has 0 bridgehead atoms. The molecule has 0 aliphatic rings. The molecule has 0 aliphatic carbocycles. The van der Waals surface area contributed by atoms with E-state index in [0.29, 0.717) is 27.7 Å². The van der Waals surface area contributed by atoms with Gasteiger partial charge in [0.1, 0.15) is 0 Å². The van der Waals surface area contributed by atoms with Crippen molar-refractivity contribution in [1.82, 2.24) is 14.5 Å². The fourth-order valence-corrected chi connectivity index (χ4v) is 4.38. The Morgan fingerprint density at radius 3 is 2.81 bits per heavy atom. The highest BCUT2D eigenvalue weighted by molar-refractivity contribution is 9.10. The predicted molar refractivity (Wildman–Crippen MR) is 115 cm³/mol. The van der Waals surface area contributed by atoms with Gasteiger partial charge in [0.2, 0.25) is 5.91 Å². The number of hydrogen-bond acceptors (Lipinski definition) is 6. The molecule has 0 fully saturated rings. The third-order valence-corrected chi connectivity index (χ3v) is 5.97. The monoisotopic (exact) mass is 466 g/mol. The van der Waals surface area contributed by atoms with Gasteiger partial charge in [-0.25, -0.2) is 9.97 Å². The minimum atomic E-state index is -0.171. The van der Waals surface area contributed by atoms with Crippen molar-refractivity contribution in [1.29, 1.82) is 0 Å². The van der Waals surface area contributed by atoms with Crippen LogP contribution in [0.4, 0.5) is 5.13 Å². The highest BCUT2D eigenvalue weighted by atomic mass is 79.9. The van der Waals surface area contributed by atoms with Crippen molar-refractivity contribution in [2.45, 2.75) is 32.5 Å². The molecular weight excluding hydrogens is 448 g/mol. The second-order valence-corrected chi connectivity index (χ2v) is 9.21. The van der Waals surface area contributed by atoms with Gasteiger partial charge in [-0.2, -0.15) is 0 Å². The van der Waals surface area contributed by atoms with Crippen molar-refractivity contribution in [2.75, 3.05) is 11.1 Å². The summed E-state index contributed by atoms with van der Waals surface area (Å²) in [4.78, 5) is 34.0. The molecule has 1 amide bonds. The zero-order valence-electron chi connectivity index (χ0n) is 15.2. The molecule has 0 aliphatic heterocycles. The van der Waals surface area contributed by atoms with Crippen molar-refractivity contribution >= 4 is 61.0 Å². The Hall–Kier alpha value is -1.71. The number of nitrogens with zero attached hydrogens (tertiary/aromatic N) is 3. The molecular formula is C18H19BrN4O2S2. The summed E-state index contributed by atoms with van der Waals surface area (Å²) in [5.74, 6) is 0.266. The first kappa shape index (κ1) is 20.0. The summed E-state index contributed by atoms with van der Waals surface area (Å²) >= 11 is 6.06. The first-order chi connectivity index (χ1) is 12.8. The Kier molecular flexibility index (Phi) is 6.33. The van der Waals surface area contributed by atoms with E-state index in [1.54, 1.807) is 10.6 Å². The average molecular weight is 467 g/mol. The van der Waals surface area contributed by atoms with E-state index >= 15 is 0 Å². The van der Waals surface area contributed by atoms with Gasteiger partial charge < -0.3 is 5.32 Å². The van der Waals surface area contributed by atoms with Gasteiger partial charge in [-0.05, 0) is 31.0 Å². The molecule has 0 unspecified atom stereocenters. The van der Waals surface area contributed by atoms with Crippen molar-refractivity contribution in [3.8, 4) is 0 Å². The normalized spacial score (nSPS) is 11.3. The largest absolute Gasteiger partial charge is 0.301 e. The van der Waals surface area contributed by atoms with Crippen LogP contribution in [0.2, 0.25) is 0 Å². The van der Waals surface area contributed by atoms with E-state index in [2.05, 4.69) is 31.2 Å². The lowest BCUT2D eigenvalue weighted by molar-refractivity contribution is -0.113. The van der Waals surface area contributed by atoms with Crippen LogP contribution in [0, 0.1) is 12.8 Å². The third-order valence-electron chi connectivity index (χ3n) is 3.63. The van der Waals surface area contributed by atoms with E-state index < -0.39 is 0 Å². The van der Waals surface area contributed by atoms with E-state index in [1.807, 2.05) is 38.3 Å². The van der Waals surface area contributed by atoms with Gasteiger partial charge in [0.15, 0.2) is 10.3 Å². The molecule has 3 aromatic rings. The highest BCUT2D eigenvalue weighted by Crippen LogP contribution is 2.22. The molecule has 0 atom stereocenters. The fraction of sp³-hybridized carbons (Fsp3) is 0.333. The van der Waals surface area contributed by atoms with Crippen molar-refractivity contribution in [3.63, 3.8) is 0 Å². The topological polar surface area (TPSA) is 76.9 Å². The number of aromatic nitrogens is 3. The Morgan fingerprint density at radius 1 is 1.37 bits per heavy atom. The number of carbonyl (C=O) groups is 1. The van der Waals surface area contributed by atoms with Gasteiger partial charge in [-0.15, -0.1) is 11.3 Å². The van der Waals surface area contributed by atoms with Crippen LogP contribution in [0.15, 0.2) is 38.0 Å². The molecule has 2 heterocycles. The van der Waals surface area contributed by atoms with Crippen LogP contribution >= 0.6 is 39.0 Å². The lowest BCUT2D eigenvalue weighted by Gasteiger charge is -2.15. The predicted octanol–water partition coefficient (Wildman–Crippen LogP) is 4.31. The quantitative estimate of drug-likeness (QED) is 0.432. The van der Waals surface area contributed by atoms with Gasteiger partial charge in [0.05, 0.1) is 22.3 Å². The number of thioether (sulfide) groups is 1. The molecule has 0 saturated heterocycles. The number of thiazole rings is 1. The summed E-state index contributed by atoms with van der Waals surface area (Å²) in [6.45, 7) is 6.51. The van der Waals surface area contributed by atoms with Crippen LogP contribution in [0.1, 0.15) is 19.5 Å². The summed E-state index contributed by atoms with van der Waals surface area (Å²) in [5, 5.41) is 6.35.